The lowest BCUT2D eigenvalue weighted by Crippen LogP contribution is -2.50. The number of aromatic nitrogens is 2. The standard InChI is InChI=1S/C25H25F2N5O4/c26-21(27)15-36-20-12-28-7-6-17(20)23-24(29-16-4-2-1-3-5-16)22-18(30-23)13-32(14-19(22)33)25(34)31-8-10-35-11-9-31/h1-7,12,21,29-30H,8-11,13-15H2. The molecule has 1 aromatic carbocycles. The topological polar surface area (TPSA) is 99.8 Å². The number of fused-ring (bicyclic) bond motifs is 1. The molecule has 3 aromatic rings. The number of anilines is 2. The smallest absolute Gasteiger partial charge is 0.320 e. The van der Waals surface area contributed by atoms with Crippen LogP contribution in [0.2, 0.25) is 0 Å². The fourth-order valence-corrected chi connectivity index (χ4v) is 4.41. The SMILES string of the molecule is O=C1CN(C(=O)N2CCOCC2)Cc2[nH]c(-c3ccncc3OCC(F)F)c(Nc3ccccc3)c21. The van der Waals surface area contributed by atoms with Crippen LogP contribution in [-0.4, -0.2) is 77.5 Å². The predicted octanol–water partition coefficient (Wildman–Crippen LogP) is 3.91. The van der Waals surface area contributed by atoms with Gasteiger partial charge in [0.2, 0.25) is 0 Å². The fourth-order valence-electron chi connectivity index (χ4n) is 4.41. The number of ketones is 1. The van der Waals surface area contributed by atoms with Crippen molar-refractivity contribution in [1.29, 1.82) is 0 Å². The normalized spacial score (nSPS) is 15.7. The van der Waals surface area contributed by atoms with Gasteiger partial charge in [-0.1, -0.05) is 18.2 Å². The number of nitrogens with one attached hydrogen (secondary N) is 2. The van der Waals surface area contributed by atoms with Crippen LogP contribution in [0.4, 0.5) is 25.0 Å². The first kappa shape index (κ1) is 23.7. The molecule has 2 N–H and O–H groups in total. The summed E-state index contributed by atoms with van der Waals surface area (Å²) in [5, 5.41) is 3.30. The molecule has 0 radical (unpaired) electrons. The van der Waals surface area contributed by atoms with E-state index in [0.717, 1.165) is 5.69 Å². The van der Waals surface area contributed by atoms with E-state index in [1.54, 1.807) is 11.0 Å². The lowest BCUT2D eigenvalue weighted by Gasteiger charge is -2.34. The molecule has 0 atom stereocenters. The highest BCUT2D eigenvalue weighted by Crippen LogP contribution is 2.41. The minimum atomic E-state index is -2.65. The number of urea groups is 1. The summed E-state index contributed by atoms with van der Waals surface area (Å²) >= 11 is 0. The van der Waals surface area contributed by atoms with Crippen LogP contribution in [0, 0.1) is 0 Å². The highest BCUT2D eigenvalue weighted by molar-refractivity contribution is 6.09. The molecule has 2 aliphatic rings. The van der Waals surface area contributed by atoms with Crippen molar-refractivity contribution in [3.63, 3.8) is 0 Å². The van der Waals surface area contributed by atoms with Crippen molar-refractivity contribution in [3.05, 3.63) is 60.0 Å². The summed E-state index contributed by atoms with van der Waals surface area (Å²) in [6.45, 7) is 1.18. The Labute approximate surface area is 206 Å². The quantitative estimate of drug-likeness (QED) is 0.536. The number of alkyl halides is 2. The molecule has 0 unspecified atom stereocenters. The van der Waals surface area contributed by atoms with Crippen LogP contribution >= 0.6 is 0 Å². The van der Waals surface area contributed by atoms with E-state index in [1.807, 2.05) is 30.3 Å². The van der Waals surface area contributed by atoms with E-state index in [-0.39, 0.29) is 30.7 Å². The van der Waals surface area contributed by atoms with Crippen LogP contribution in [0.3, 0.4) is 0 Å². The number of hydrogen-bond acceptors (Lipinski definition) is 6. The van der Waals surface area contributed by atoms with E-state index in [9.17, 15) is 18.4 Å². The lowest BCUT2D eigenvalue weighted by molar-refractivity contribution is 0.0415. The number of pyridine rings is 1. The van der Waals surface area contributed by atoms with Crippen molar-refractivity contribution in [1.82, 2.24) is 19.8 Å². The molecular weight excluding hydrogens is 472 g/mol. The van der Waals surface area contributed by atoms with E-state index < -0.39 is 13.0 Å². The van der Waals surface area contributed by atoms with Crippen molar-refractivity contribution in [2.24, 2.45) is 0 Å². The number of halogens is 2. The number of amides is 2. The number of benzene rings is 1. The summed E-state index contributed by atoms with van der Waals surface area (Å²) in [6, 6.07) is 10.7. The Morgan fingerprint density at radius 3 is 2.67 bits per heavy atom. The number of hydrogen-bond donors (Lipinski definition) is 2. The number of morpholine rings is 1. The molecule has 0 saturated carbocycles. The Hall–Kier alpha value is -3.99. The first-order chi connectivity index (χ1) is 17.5. The molecule has 36 heavy (non-hydrogen) atoms. The number of aromatic amines is 1. The number of nitrogens with zero attached hydrogens (tertiary/aromatic N) is 3. The summed E-state index contributed by atoms with van der Waals surface area (Å²) in [7, 11) is 0. The van der Waals surface area contributed by atoms with Gasteiger partial charge in [0.1, 0.15) is 12.4 Å². The molecule has 0 spiro atoms. The van der Waals surface area contributed by atoms with Gasteiger partial charge in [-0.3, -0.25) is 9.78 Å². The second-order valence-corrected chi connectivity index (χ2v) is 8.45. The number of para-hydroxylation sites is 1. The first-order valence-corrected chi connectivity index (χ1v) is 11.6. The lowest BCUT2D eigenvalue weighted by atomic mass is 10.0. The van der Waals surface area contributed by atoms with Crippen LogP contribution < -0.4 is 10.1 Å². The summed E-state index contributed by atoms with van der Waals surface area (Å²) in [5.74, 6) is -0.0795. The second kappa shape index (κ2) is 10.3. The van der Waals surface area contributed by atoms with Gasteiger partial charge in [-0.25, -0.2) is 13.6 Å². The van der Waals surface area contributed by atoms with Crippen molar-refractivity contribution in [2.45, 2.75) is 13.0 Å². The highest BCUT2D eigenvalue weighted by atomic mass is 19.3. The monoisotopic (exact) mass is 497 g/mol. The molecule has 2 aromatic heterocycles. The Morgan fingerprint density at radius 1 is 1.14 bits per heavy atom. The molecule has 188 valence electrons. The third-order valence-corrected chi connectivity index (χ3v) is 6.05. The van der Waals surface area contributed by atoms with E-state index in [0.29, 0.717) is 54.5 Å². The summed E-state index contributed by atoms with van der Waals surface area (Å²) in [4.78, 5) is 36.9. The van der Waals surface area contributed by atoms with E-state index in [4.69, 9.17) is 9.47 Å². The molecule has 4 heterocycles. The zero-order valence-corrected chi connectivity index (χ0v) is 19.4. The number of Topliss-reactive ketones (excluding diaryl/α,β-unsaturated/α-hetero) is 1. The van der Waals surface area contributed by atoms with Gasteiger partial charge in [0.15, 0.2) is 5.78 Å². The third-order valence-electron chi connectivity index (χ3n) is 6.05. The van der Waals surface area contributed by atoms with Crippen molar-refractivity contribution < 1.29 is 27.8 Å². The molecule has 5 rings (SSSR count). The molecule has 11 heteroatoms. The van der Waals surface area contributed by atoms with Crippen molar-refractivity contribution in [2.75, 3.05) is 44.8 Å². The Bertz CT molecular complexity index is 1240. The second-order valence-electron chi connectivity index (χ2n) is 8.45. The molecule has 0 aliphatic carbocycles. The van der Waals surface area contributed by atoms with Crippen LogP contribution in [0.5, 0.6) is 5.75 Å². The largest absolute Gasteiger partial charge is 0.485 e. The number of carbonyl (C=O) groups is 2. The average molecular weight is 498 g/mol. The molecular formula is C25H25F2N5O4. The Kier molecular flexibility index (Phi) is 6.81. The highest BCUT2D eigenvalue weighted by Gasteiger charge is 2.35. The Balaban J connectivity index is 1.54. The van der Waals surface area contributed by atoms with Gasteiger partial charge in [0.25, 0.3) is 6.43 Å². The van der Waals surface area contributed by atoms with Crippen LogP contribution in [0.15, 0.2) is 48.8 Å². The number of H-pyrrole nitrogens is 1. The van der Waals surface area contributed by atoms with E-state index in [2.05, 4.69) is 15.3 Å². The maximum Gasteiger partial charge on any atom is 0.320 e. The summed E-state index contributed by atoms with van der Waals surface area (Å²) in [5.41, 5.74) is 3.17. The zero-order chi connectivity index (χ0) is 25.1. The molecule has 1 saturated heterocycles. The zero-order valence-electron chi connectivity index (χ0n) is 19.4. The van der Waals surface area contributed by atoms with Crippen LogP contribution in [0.1, 0.15) is 16.1 Å². The maximum atomic E-state index is 13.4. The van der Waals surface area contributed by atoms with Gasteiger partial charge in [-0.2, -0.15) is 0 Å². The van der Waals surface area contributed by atoms with E-state index in [1.165, 1.54) is 17.3 Å². The van der Waals surface area contributed by atoms with Gasteiger partial charge in [-0.05, 0) is 18.2 Å². The van der Waals surface area contributed by atoms with Gasteiger partial charge >= 0.3 is 6.03 Å². The predicted molar refractivity (Wildman–Crippen MR) is 128 cm³/mol. The summed E-state index contributed by atoms with van der Waals surface area (Å²) in [6.07, 6.45) is 0.227. The van der Waals surface area contributed by atoms with Gasteiger partial charge in [0, 0.05) is 36.2 Å². The first-order valence-electron chi connectivity index (χ1n) is 11.6. The molecule has 2 amide bonds. The van der Waals surface area contributed by atoms with Crippen molar-refractivity contribution in [3.8, 4) is 17.0 Å². The minimum absolute atomic E-state index is 0.0744. The van der Waals surface area contributed by atoms with Gasteiger partial charge in [0.05, 0.1) is 49.4 Å². The molecule has 2 aliphatic heterocycles. The average Bonchev–Trinajstić information content (AvgIpc) is 3.26. The number of ether oxygens (including phenoxy) is 2. The van der Waals surface area contributed by atoms with Crippen LogP contribution in [-0.2, 0) is 11.3 Å². The summed E-state index contributed by atoms with van der Waals surface area (Å²) < 4.78 is 36.4. The van der Waals surface area contributed by atoms with Gasteiger partial charge in [-0.15, -0.1) is 0 Å². The molecule has 1 fully saturated rings. The van der Waals surface area contributed by atoms with Crippen LogP contribution in [0.25, 0.3) is 11.3 Å². The van der Waals surface area contributed by atoms with Crippen molar-refractivity contribution >= 4 is 23.2 Å². The molecule has 0 bridgehead atoms. The maximum absolute atomic E-state index is 13.4. The minimum Gasteiger partial charge on any atom is -0.485 e. The fraction of sp³-hybridized carbons (Fsp3) is 0.320. The van der Waals surface area contributed by atoms with Gasteiger partial charge < -0.3 is 29.6 Å². The third kappa shape index (κ3) is 4.87. The van der Waals surface area contributed by atoms with E-state index >= 15 is 0 Å². The molecule has 9 nitrogen and oxygen atoms in total. The number of carbonyl (C=O) groups excluding carboxylic acids is 2. The number of rotatable bonds is 6. The Morgan fingerprint density at radius 2 is 1.92 bits per heavy atom.